The van der Waals surface area contributed by atoms with E-state index in [1.165, 1.54) is 0 Å². The molecule has 4 nitrogen and oxygen atoms in total. The van der Waals surface area contributed by atoms with Gasteiger partial charge >= 0.3 is 0 Å². The number of nitrogens with zero attached hydrogens (tertiary/aromatic N) is 2. The van der Waals surface area contributed by atoms with E-state index in [1.54, 1.807) is 16.4 Å². The highest BCUT2D eigenvalue weighted by atomic mass is 32.2. The van der Waals surface area contributed by atoms with Crippen LogP contribution in [0.15, 0.2) is 58.6 Å². The van der Waals surface area contributed by atoms with Gasteiger partial charge in [0, 0.05) is 23.7 Å². The highest BCUT2D eigenvalue weighted by Gasteiger charge is 2.09. The Labute approximate surface area is 121 Å². The Morgan fingerprint density at radius 3 is 2.60 bits per heavy atom. The molecule has 0 aliphatic rings. The fraction of sp³-hybridized carbons (Fsp3) is 0.0667. The number of nitrogen functional groups attached to an aromatic ring is 1. The number of fused-ring (bicyclic) bond motifs is 1. The second-order valence-electron chi connectivity index (χ2n) is 4.52. The molecule has 0 atom stereocenters. The van der Waals surface area contributed by atoms with Gasteiger partial charge in [-0.2, -0.15) is 5.10 Å². The first-order valence-electron chi connectivity index (χ1n) is 6.18. The van der Waals surface area contributed by atoms with Gasteiger partial charge in [-0.15, -0.1) is 0 Å². The fourth-order valence-electron chi connectivity index (χ4n) is 2.17. The Morgan fingerprint density at radius 2 is 1.95 bits per heavy atom. The summed E-state index contributed by atoms with van der Waals surface area (Å²) < 4.78 is 1.79. The molecule has 0 saturated carbocycles. The molecule has 0 amide bonds. The van der Waals surface area contributed by atoms with Crippen molar-refractivity contribution in [2.24, 2.45) is 12.8 Å². The van der Waals surface area contributed by atoms with Crippen LogP contribution in [-0.4, -0.2) is 15.6 Å². The molecule has 0 aliphatic heterocycles. The van der Waals surface area contributed by atoms with Crippen molar-refractivity contribution >= 4 is 28.4 Å². The normalized spacial score (nSPS) is 10.8. The molecule has 0 saturated heterocycles. The maximum absolute atomic E-state index is 7.67. The summed E-state index contributed by atoms with van der Waals surface area (Å²) in [4.78, 5) is 2.23. The number of hydrogen-bond acceptors (Lipinski definition) is 3. The van der Waals surface area contributed by atoms with Crippen molar-refractivity contribution in [3.8, 4) is 0 Å². The number of nitrogens with two attached hydrogens (primary N) is 1. The lowest BCUT2D eigenvalue weighted by Crippen LogP contribution is -2.11. The van der Waals surface area contributed by atoms with Crippen molar-refractivity contribution < 1.29 is 0 Å². The highest BCUT2D eigenvalue weighted by molar-refractivity contribution is 7.99. The van der Waals surface area contributed by atoms with Crippen LogP contribution in [0.3, 0.4) is 0 Å². The summed E-state index contributed by atoms with van der Waals surface area (Å²) in [6, 6.07) is 11.9. The summed E-state index contributed by atoms with van der Waals surface area (Å²) >= 11 is 1.66. The first-order chi connectivity index (χ1) is 9.65. The third-order valence-electron chi connectivity index (χ3n) is 3.08. The minimum absolute atomic E-state index is 0.0964. The summed E-state index contributed by atoms with van der Waals surface area (Å²) in [5.41, 5.74) is 6.42. The van der Waals surface area contributed by atoms with E-state index < -0.39 is 0 Å². The maximum Gasteiger partial charge on any atom is 0.123 e. The van der Waals surface area contributed by atoms with E-state index in [9.17, 15) is 0 Å². The number of amidine groups is 1. The van der Waals surface area contributed by atoms with E-state index in [1.807, 2.05) is 49.8 Å². The van der Waals surface area contributed by atoms with Crippen molar-refractivity contribution in [2.45, 2.75) is 9.79 Å². The van der Waals surface area contributed by atoms with Gasteiger partial charge in [-0.1, -0.05) is 36.0 Å². The molecule has 100 valence electrons. The van der Waals surface area contributed by atoms with Gasteiger partial charge in [0.05, 0.1) is 11.1 Å². The molecular weight excluding hydrogens is 268 g/mol. The molecule has 0 bridgehead atoms. The van der Waals surface area contributed by atoms with Gasteiger partial charge in [0.25, 0.3) is 0 Å². The standard InChI is InChI=1S/C15H14N4S/c1-19-9-10(8-18-19)20-14-7-6-13(15(16)17)11-4-2-3-5-12(11)14/h2-9H,1H3,(H3,16,17). The van der Waals surface area contributed by atoms with Crippen LogP contribution < -0.4 is 5.73 Å². The Morgan fingerprint density at radius 1 is 1.20 bits per heavy atom. The van der Waals surface area contributed by atoms with Crippen molar-refractivity contribution in [3.05, 3.63) is 54.4 Å². The molecule has 1 heterocycles. The van der Waals surface area contributed by atoms with E-state index >= 15 is 0 Å². The molecule has 0 aliphatic carbocycles. The molecule has 5 heteroatoms. The lowest BCUT2D eigenvalue weighted by Gasteiger charge is -2.09. The Balaban J connectivity index is 2.12. The monoisotopic (exact) mass is 282 g/mol. The maximum atomic E-state index is 7.67. The zero-order chi connectivity index (χ0) is 14.1. The van der Waals surface area contributed by atoms with Gasteiger partial charge in [0.15, 0.2) is 0 Å². The molecule has 3 rings (SSSR count). The van der Waals surface area contributed by atoms with E-state index in [2.05, 4.69) is 11.2 Å². The van der Waals surface area contributed by atoms with Crippen molar-refractivity contribution in [3.63, 3.8) is 0 Å². The summed E-state index contributed by atoms with van der Waals surface area (Å²) in [5.74, 6) is 0.0964. The molecule has 3 aromatic rings. The smallest absolute Gasteiger partial charge is 0.123 e. The van der Waals surface area contributed by atoms with Gasteiger partial charge in [0.2, 0.25) is 0 Å². The fourth-order valence-corrected chi connectivity index (χ4v) is 3.16. The second-order valence-corrected chi connectivity index (χ2v) is 5.64. The predicted molar refractivity (Wildman–Crippen MR) is 82.3 cm³/mol. The Hall–Kier alpha value is -2.27. The van der Waals surface area contributed by atoms with Gasteiger partial charge in [0.1, 0.15) is 5.84 Å². The summed E-state index contributed by atoms with van der Waals surface area (Å²) in [6.07, 6.45) is 3.83. The van der Waals surface area contributed by atoms with Gasteiger partial charge < -0.3 is 5.73 Å². The lowest BCUT2D eigenvalue weighted by atomic mass is 10.0. The van der Waals surface area contributed by atoms with Crippen molar-refractivity contribution in [2.75, 3.05) is 0 Å². The summed E-state index contributed by atoms with van der Waals surface area (Å²) in [7, 11) is 1.90. The second kappa shape index (κ2) is 5.02. The molecule has 0 radical (unpaired) electrons. The molecule has 0 spiro atoms. The van der Waals surface area contributed by atoms with Crippen LogP contribution in [0.25, 0.3) is 10.8 Å². The summed E-state index contributed by atoms with van der Waals surface area (Å²) in [6.45, 7) is 0. The molecule has 3 N–H and O–H groups in total. The SMILES string of the molecule is Cn1cc(Sc2ccc(C(=N)N)c3ccccc23)cn1. The van der Waals surface area contributed by atoms with E-state index in [0.29, 0.717) is 0 Å². The Bertz CT molecular complexity index is 791. The minimum Gasteiger partial charge on any atom is -0.384 e. The van der Waals surface area contributed by atoms with Gasteiger partial charge in [-0.05, 0) is 22.9 Å². The number of rotatable bonds is 3. The molecule has 1 aromatic heterocycles. The minimum atomic E-state index is 0.0964. The third kappa shape index (κ3) is 2.28. The van der Waals surface area contributed by atoms with Gasteiger partial charge in [-0.3, -0.25) is 10.1 Å². The topological polar surface area (TPSA) is 67.7 Å². The van der Waals surface area contributed by atoms with Crippen molar-refractivity contribution in [1.29, 1.82) is 5.41 Å². The zero-order valence-corrected chi connectivity index (χ0v) is 11.8. The third-order valence-corrected chi connectivity index (χ3v) is 4.11. The number of hydrogen-bond donors (Lipinski definition) is 2. The van der Waals surface area contributed by atoms with Crippen LogP contribution in [0.2, 0.25) is 0 Å². The predicted octanol–water partition coefficient (Wildman–Crippen LogP) is 3.01. The van der Waals surface area contributed by atoms with Gasteiger partial charge in [-0.25, -0.2) is 0 Å². The molecule has 0 fully saturated rings. The Kier molecular flexibility index (Phi) is 3.20. The average Bonchev–Trinajstić information content (AvgIpc) is 2.84. The van der Waals surface area contributed by atoms with E-state index in [4.69, 9.17) is 11.1 Å². The van der Waals surface area contributed by atoms with Crippen LogP contribution in [0.4, 0.5) is 0 Å². The van der Waals surface area contributed by atoms with E-state index in [0.717, 1.165) is 26.1 Å². The number of aromatic nitrogens is 2. The molecule has 0 unspecified atom stereocenters. The van der Waals surface area contributed by atoms with Crippen LogP contribution in [0.5, 0.6) is 0 Å². The van der Waals surface area contributed by atoms with Crippen molar-refractivity contribution in [1.82, 2.24) is 9.78 Å². The van der Waals surface area contributed by atoms with E-state index in [-0.39, 0.29) is 5.84 Å². The average molecular weight is 282 g/mol. The zero-order valence-electron chi connectivity index (χ0n) is 11.0. The lowest BCUT2D eigenvalue weighted by molar-refractivity contribution is 0.766. The number of nitrogens with one attached hydrogen (secondary N) is 1. The van der Waals surface area contributed by atoms with Crippen LogP contribution >= 0.6 is 11.8 Å². The molecule has 2 aromatic carbocycles. The first-order valence-corrected chi connectivity index (χ1v) is 6.99. The molecular formula is C15H14N4S. The van der Waals surface area contributed by atoms with Crippen LogP contribution in [0, 0.1) is 5.41 Å². The first kappa shape index (κ1) is 12.7. The number of aryl methyl sites for hydroxylation is 1. The van der Waals surface area contributed by atoms with Crippen LogP contribution in [0.1, 0.15) is 5.56 Å². The highest BCUT2D eigenvalue weighted by Crippen LogP contribution is 2.34. The largest absolute Gasteiger partial charge is 0.384 e. The number of benzene rings is 2. The quantitative estimate of drug-likeness (QED) is 0.573. The summed E-state index contributed by atoms with van der Waals surface area (Å²) in [5, 5.41) is 14.0. The van der Waals surface area contributed by atoms with Crippen LogP contribution in [-0.2, 0) is 7.05 Å². The molecule has 20 heavy (non-hydrogen) atoms.